The summed E-state index contributed by atoms with van der Waals surface area (Å²) in [5, 5.41) is 1.43. The summed E-state index contributed by atoms with van der Waals surface area (Å²) in [6.45, 7) is 0.490. The molecule has 1 aromatic rings. The number of carbonyl (C=O) groups is 1. The molecule has 1 aromatic carbocycles. The normalized spacial score (nSPS) is 26.1. The second kappa shape index (κ2) is 5.17. The van der Waals surface area contributed by atoms with Crippen molar-refractivity contribution in [1.29, 1.82) is 0 Å². The zero-order chi connectivity index (χ0) is 13.2. The van der Waals surface area contributed by atoms with Crippen molar-refractivity contribution >= 4 is 6.03 Å². The fourth-order valence-corrected chi connectivity index (χ4v) is 2.76. The maximum Gasteiger partial charge on any atom is 0.344 e. The summed E-state index contributed by atoms with van der Waals surface area (Å²) >= 11 is 0. The van der Waals surface area contributed by atoms with Crippen LogP contribution in [0.1, 0.15) is 18.4 Å². The Balaban J connectivity index is 1.64. The van der Waals surface area contributed by atoms with Crippen LogP contribution < -0.4 is 0 Å². The highest BCUT2D eigenvalue weighted by Crippen LogP contribution is 2.30. The third-order valence-corrected chi connectivity index (χ3v) is 3.84. The van der Waals surface area contributed by atoms with E-state index in [-0.39, 0.29) is 18.1 Å². The van der Waals surface area contributed by atoms with Gasteiger partial charge >= 0.3 is 6.03 Å². The molecule has 2 saturated heterocycles. The summed E-state index contributed by atoms with van der Waals surface area (Å²) in [4.78, 5) is 19.4. The van der Waals surface area contributed by atoms with E-state index in [4.69, 9.17) is 4.84 Å². The van der Waals surface area contributed by atoms with Crippen LogP contribution >= 0.6 is 0 Å². The van der Waals surface area contributed by atoms with Gasteiger partial charge in [0.1, 0.15) is 13.3 Å². The van der Waals surface area contributed by atoms with Crippen LogP contribution in [0.15, 0.2) is 30.3 Å². The van der Waals surface area contributed by atoms with E-state index in [2.05, 4.69) is 0 Å². The molecule has 0 aromatic heterocycles. The maximum absolute atomic E-state index is 12.8. The van der Waals surface area contributed by atoms with Crippen molar-refractivity contribution in [1.82, 2.24) is 9.96 Å². The summed E-state index contributed by atoms with van der Waals surface area (Å²) in [6, 6.07) is 9.33. The Morgan fingerprint density at radius 1 is 1.26 bits per heavy atom. The van der Waals surface area contributed by atoms with Crippen LogP contribution in [0.5, 0.6) is 0 Å². The standard InChI is InChI=1S/C14H17FN2O2/c15-8-12-6-7-13-9-16(12)14(18)17(13)19-10-11-4-2-1-3-5-11/h1-5,12-13H,6-10H2/t12-,13+/m0/s1. The average molecular weight is 264 g/mol. The smallest absolute Gasteiger partial charge is 0.315 e. The number of halogens is 1. The number of alkyl halides is 1. The topological polar surface area (TPSA) is 32.8 Å². The molecule has 2 fully saturated rings. The van der Waals surface area contributed by atoms with Crippen molar-refractivity contribution in [3.8, 4) is 0 Å². The average Bonchev–Trinajstić information content (AvgIpc) is 2.71. The molecule has 2 aliphatic rings. The first-order chi connectivity index (χ1) is 9.29. The summed E-state index contributed by atoms with van der Waals surface area (Å²) < 4.78 is 12.8. The second-order valence-corrected chi connectivity index (χ2v) is 5.06. The Morgan fingerprint density at radius 3 is 2.79 bits per heavy atom. The highest BCUT2D eigenvalue weighted by Gasteiger charge is 2.45. The zero-order valence-corrected chi connectivity index (χ0v) is 10.7. The molecule has 0 N–H and O–H groups in total. The molecule has 3 rings (SSSR count). The van der Waals surface area contributed by atoms with Crippen molar-refractivity contribution in [3.05, 3.63) is 35.9 Å². The van der Waals surface area contributed by atoms with E-state index < -0.39 is 6.67 Å². The SMILES string of the molecule is O=C1N2C[C@@H](CC[C@H]2CF)N1OCc1ccccc1. The minimum Gasteiger partial charge on any atom is -0.315 e. The van der Waals surface area contributed by atoms with Gasteiger partial charge in [0.05, 0.1) is 12.1 Å². The molecule has 2 amide bonds. The third-order valence-electron chi connectivity index (χ3n) is 3.84. The molecule has 2 atom stereocenters. The van der Waals surface area contributed by atoms with E-state index in [0.717, 1.165) is 18.4 Å². The summed E-state index contributed by atoms with van der Waals surface area (Å²) in [5.41, 5.74) is 1.02. The highest BCUT2D eigenvalue weighted by atomic mass is 19.1. The zero-order valence-electron chi connectivity index (χ0n) is 10.7. The fraction of sp³-hybridized carbons (Fsp3) is 0.500. The van der Waals surface area contributed by atoms with Crippen molar-refractivity contribution in [2.75, 3.05) is 13.2 Å². The van der Waals surface area contributed by atoms with Gasteiger partial charge in [0.15, 0.2) is 0 Å². The first-order valence-corrected chi connectivity index (χ1v) is 6.62. The van der Waals surface area contributed by atoms with E-state index in [0.29, 0.717) is 13.2 Å². The Kier molecular flexibility index (Phi) is 3.38. The largest absolute Gasteiger partial charge is 0.344 e. The minimum absolute atomic E-state index is 0.0685. The molecule has 0 spiro atoms. The molecule has 2 aliphatic heterocycles. The van der Waals surface area contributed by atoms with Gasteiger partial charge in [-0.15, -0.1) is 0 Å². The monoisotopic (exact) mass is 264 g/mol. The third kappa shape index (κ3) is 2.30. The molecule has 0 aliphatic carbocycles. The van der Waals surface area contributed by atoms with E-state index >= 15 is 0 Å². The van der Waals surface area contributed by atoms with Crippen LogP contribution in [-0.2, 0) is 11.4 Å². The first kappa shape index (κ1) is 12.4. The number of fused-ring (bicyclic) bond motifs is 2. The van der Waals surface area contributed by atoms with Crippen LogP contribution in [0.2, 0.25) is 0 Å². The minimum atomic E-state index is -0.467. The van der Waals surface area contributed by atoms with Gasteiger partial charge < -0.3 is 4.90 Å². The van der Waals surface area contributed by atoms with Gasteiger partial charge in [-0.1, -0.05) is 30.3 Å². The Morgan fingerprint density at radius 2 is 2.05 bits per heavy atom. The van der Waals surface area contributed by atoms with Crippen molar-refractivity contribution < 1.29 is 14.0 Å². The number of rotatable bonds is 4. The van der Waals surface area contributed by atoms with Gasteiger partial charge in [-0.25, -0.2) is 9.18 Å². The maximum atomic E-state index is 12.8. The number of amides is 2. The number of nitrogens with zero attached hydrogens (tertiary/aromatic N) is 2. The van der Waals surface area contributed by atoms with Gasteiger partial charge in [-0.2, -0.15) is 5.06 Å². The lowest BCUT2D eigenvalue weighted by molar-refractivity contribution is -0.140. The number of hydrogen-bond donors (Lipinski definition) is 0. The molecule has 2 bridgehead atoms. The molecule has 4 nitrogen and oxygen atoms in total. The lowest BCUT2D eigenvalue weighted by atomic mass is 10.0. The summed E-state index contributed by atoms with van der Waals surface area (Å²) in [7, 11) is 0. The van der Waals surface area contributed by atoms with Gasteiger partial charge in [0, 0.05) is 6.54 Å². The molecule has 0 unspecified atom stereocenters. The van der Waals surface area contributed by atoms with Gasteiger partial charge in [-0.3, -0.25) is 4.84 Å². The van der Waals surface area contributed by atoms with Crippen LogP contribution in [0, 0.1) is 0 Å². The Hall–Kier alpha value is -1.62. The highest BCUT2D eigenvalue weighted by molar-refractivity contribution is 5.76. The number of piperidine rings is 1. The quantitative estimate of drug-likeness (QED) is 0.836. The first-order valence-electron chi connectivity index (χ1n) is 6.62. The molecule has 19 heavy (non-hydrogen) atoms. The number of carbonyl (C=O) groups excluding carboxylic acids is 1. The fourth-order valence-electron chi connectivity index (χ4n) is 2.76. The lowest BCUT2D eigenvalue weighted by Gasteiger charge is -2.27. The van der Waals surface area contributed by atoms with Gasteiger partial charge in [0.25, 0.3) is 0 Å². The van der Waals surface area contributed by atoms with E-state index in [1.54, 1.807) is 4.90 Å². The number of benzene rings is 1. The predicted molar refractivity (Wildman–Crippen MR) is 68.0 cm³/mol. The Labute approximate surface area is 111 Å². The van der Waals surface area contributed by atoms with Crippen LogP contribution in [0.4, 0.5) is 9.18 Å². The second-order valence-electron chi connectivity index (χ2n) is 5.06. The van der Waals surface area contributed by atoms with Crippen molar-refractivity contribution in [2.45, 2.75) is 31.5 Å². The van der Waals surface area contributed by atoms with Gasteiger partial charge in [0.2, 0.25) is 0 Å². The number of hydroxylamine groups is 2. The molecule has 0 radical (unpaired) electrons. The van der Waals surface area contributed by atoms with Crippen molar-refractivity contribution in [3.63, 3.8) is 0 Å². The molecule has 0 saturated carbocycles. The number of hydrogen-bond acceptors (Lipinski definition) is 2. The summed E-state index contributed by atoms with van der Waals surface area (Å²) in [6.07, 6.45) is 1.53. The molecular weight excluding hydrogens is 247 g/mol. The van der Waals surface area contributed by atoms with Gasteiger partial charge in [-0.05, 0) is 18.4 Å². The number of urea groups is 1. The summed E-state index contributed by atoms with van der Waals surface area (Å²) in [5.74, 6) is 0. The predicted octanol–water partition coefficient (Wildman–Crippen LogP) is 2.36. The van der Waals surface area contributed by atoms with E-state index in [1.807, 2.05) is 30.3 Å². The van der Waals surface area contributed by atoms with Crippen LogP contribution in [-0.4, -0.2) is 41.3 Å². The van der Waals surface area contributed by atoms with Crippen LogP contribution in [0.25, 0.3) is 0 Å². The van der Waals surface area contributed by atoms with E-state index in [9.17, 15) is 9.18 Å². The molecule has 102 valence electrons. The molecule has 5 heteroatoms. The van der Waals surface area contributed by atoms with E-state index in [1.165, 1.54) is 5.06 Å². The Bertz CT molecular complexity index is 454. The van der Waals surface area contributed by atoms with Crippen molar-refractivity contribution in [2.24, 2.45) is 0 Å². The molecule has 2 heterocycles. The lowest BCUT2D eigenvalue weighted by Crippen LogP contribution is -2.41. The van der Waals surface area contributed by atoms with Crippen LogP contribution in [0.3, 0.4) is 0 Å². The molecular formula is C14H17FN2O2.